The molecular formula is C19H19ClN2O6S. The van der Waals surface area contributed by atoms with Gasteiger partial charge in [0, 0.05) is 12.1 Å². The summed E-state index contributed by atoms with van der Waals surface area (Å²) in [4.78, 5) is 26.2. The van der Waals surface area contributed by atoms with Crippen LogP contribution in [0.4, 0.5) is 5.69 Å². The highest BCUT2D eigenvalue weighted by Crippen LogP contribution is 2.33. The van der Waals surface area contributed by atoms with Gasteiger partial charge in [-0.15, -0.1) is 0 Å². The molecule has 0 saturated carbocycles. The fourth-order valence-electron chi connectivity index (χ4n) is 2.87. The molecule has 0 unspecified atom stereocenters. The minimum absolute atomic E-state index is 0.0204. The van der Waals surface area contributed by atoms with Gasteiger partial charge >= 0.3 is 5.97 Å². The molecule has 0 spiro atoms. The van der Waals surface area contributed by atoms with Crippen LogP contribution in [0.25, 0.3) is 0 Å². The van der Waals surface area contributed by atoms with Gasteiger partial charge in [-0.05, 0) is 36.4 Å². The number of hydrogen-bond donors (Lipinski definition) is 0. The summed E-state index contributed by atoms with van der Waals surface area (Å²) in [5, 5.41) is 0.404. The molecule has 10 heteroatoms. The highest BCUT2D eigenvalue weighted by molar-refractivity contribution is 7.89. The van der Waals surface area contributed by atoms with E-state index in [0.717, 1.165) is 4.31 Å². The van der Waals surface area contributed by atoms with Gasteiger partial charge in [-0.25, -0.2) is 13.2 Å². The van der Waals surface area contributed by atoms with Gasteiger partial charge in [0.15, 0.2) is 0 Å². The summed E-state index contributed by atoms with van der Waals surface area (Å²) >= 11 is 5.81. The topological polar surface area (TPSA) is 93.2 Å². The van der Waals surface area contributed by atoms with Gasteiger partial charge in [0.05, 0.1) is 30.8 Å². The number of anilines is 1. The highest BCUT2D eigenvalue weighted by atomic mass is 35.5. The van der Waals surface area contributed by atoms with Crippen LogP contribution < -0.4 is 9.64 Å². The van der Waals surface area contributed by atoms with Crippen molar-refractivity contribution in [2.24, 2.45) is 0 Å². The summed E-state index contributed by atoms with van der Waals surface area (Å²) in [5.41, 5.74) is 0.454. The van der Waals surface area contributed by atoms with E-state index in [9.17, 15) is 18.0 Å². The lowest BCUT2D eigenvalue weighted by Gasteiger charge is -2.34. The maximum atomic E-state index is 13.0. The van der Waals surface area contributed by atoms with E-state index in [4.69, 9.17) is 21.1 Å². The Hall–Kier alpha value is -2.62. The molecule has 1 aliphatic heterocycles. The number of halogens is 1. The zero-order valence-corrected chi connectivity index (χ0v) is 17.3. The standard InChI is InChI=1S/C19H19ClN2O6S/c1-21(29(25,26)14-9-7-13(20)8-10-14)12-18(23)22-11-17(19(24)27-2)28-16-6-4-3-5-15(16)22/h3-10,17H,11-12H2,1-2H3/t17-/m1/s1. The number of benzene rings is 2. The third-order valence-corrected chi connectivity index (χ3v) is 6.49. The van der Waals surface area contributed by atoms with Crippen molar-refractivity contribution in [3.63, 3.8) is 0 Å². The highest BCUT2D eigenvalue weighted by Gasteiger charge is 2.35. The molecule has 1 amide bonds. The number of sulfonamides is 1. The Morgan fingerprint density at radius 3 is 2.52 bits per heavy atom. The van der Waals surface area contributed by atoms with Crippen LogP contribution in [-0.2, 0) is 24.3 Å². The van der Waals surface area contributed by atoms with Crippen molar-refractivity contribution in [2.75, 3.05) is 32.1 Å². The molecule has 0 N–H and O–H groups in total. The molecule has 2 aromatic carbocycles. The van der Waals surface area contributed by atoms with E-state index in [0.29, 0.717) is 16.5 Å². The largest absolute Gasteiger partial charge is 0.475 e. The number of methoxy groups -OCH3 is 1. The van der Waals surface area contributed by atoms with Crippen molar-refractivity contribution in [1.82, 2.24) is 4.31 Å². The molecule has 1 atom stereocenters. The second-order valence-electron chi connectivity index (χ2n) is 6.32. The first-order chi connectivity index (χ1) is 13.7. The number of hydrogen-bond acceptors (Lipinski definition) is 6. The van der Waals surface area contributed by atoms with Crippen LogP contribution in [0.1, 0.15) is 0 Å². The van der Waals surface area contributed by atoms with Crippen LogP contribution in [0, 0.1) is 0 Å². The summed E-state index contributed by atoms with van der Waals surface area (Å²) in [6.45, 7) is -0.509. The Bertz CT molecular complexity index is 1030. The molecule has 0 radical (unpaired) electrons. The van der Waals surface area contributed by atoms with Crippen LogP contribution in [0.5, 0.6) is 5.75 Å². The maximum absolute atomic E-state index is 13.0. The molecule has 2 aromatic rings. The number of esters is 1. The van der Waals surface area contributed by atoms with Crippen LogP contribution in [-0.4, -0.2) is 58.0 Å². The Kier molecular flexibility index (Phi) is 6.11. The summed E-state index contributed by atoms with van der Waals surface area (Å²) in [6, 6.07) is 12.4. The van der Waals surface area contributed by atoms with Gasteiger partial charge in [0.1, 0.15) is 5.75 Å². The molecule has 0 fully saturated rings. The lowest BCUT2D eigenvalue weighted by Crippen LogP contribution is -2.50. The fourth-order valence-corrected chi connectivity index (χ4v) is 4.12. The van der Waals surface area contributed by atoms with E-state index in [-0.39, 0.29) is 11.4 Å². The third-order valence-electron chi connectivity index (χ3n) is 4.42. The van der Waals surface area contributed by atoms with Crippen LogP contribution in [0.3, 0.4) is 0 Å². The van der Waals surface area contributed by atoms with E-state index < -0.39 is 34.5 Å². The number of amides is 1. The Labute approximate surface area is 173 Å². The predicted octanol–water partition coefficient (Wildman–Crippen LogP) is 1.93. The van der Waals surface area contributed by atoms with Crippen molar-refractivity contribution in [3.05, 3.63) is 53.6 Å². The van der Waals surface area contributed by atoms with Crippen LogP contribution in [0.2, 0.25) is 5.02 Å². The Morgan fingerprint density at radius 2 is 1.86 bits per heavy atom. The molecule has 0 aliphatic carbocycles. The summed E-state index contributed by atoms with van der Waals surface area (Å²) in [7, 11) is -1.36. The first kappa shape index (κ1) is 21.1. The van der Waals surface area contributed by atoms with Crippen molar-refractivity contribution in [3.8, 4) is 5.75 Å². The van der Waals surface area contributed by atoms with Crippen molar-refractivity contribution >= 4 is 39.2 Å². The van der Waals surface area contributed by atoms with Crippen molar-refractivity contribution in [2.45, 2.75) is 11.0 Å². The normalized spacial score (nSPS) is 16.1. The summed E-state index contributed by atoms with van der Waals surface area (Å²) < 4.78 is 36.7. The minimum Gasteiger partial charge on any atom is -0.475 e. The predicted molar refractivity (Wildman–Crippen MR) is 106 cm³/mol. The smallest absolute Gasteiger partial charge is 0.348 e. The van der Waals surface area contributed by atoms with Gasteiger partial charge in [0.2, 0.25) is 22.0 Å². The Balaban J connectivity index is 1.83. The Morgan fingerprint density at radius 1 is 1.21 bits per heavy atom. The quantitative estimate of drug-likeness (QED) is 0.662. The van der Waals surface area contributed by atoms with E-state index >= 15 is 0 Å². The lowest BCUT2D eigenvalue weighted by atomic mass is 10.2. The first-order valence-corrected chi connectivity index (χ1v) is 10.4. The number of ether oxygens (including phenoxy) is 2. The van der Waals surface area contributed by atoms with Gasteiger partial charge in [0.25, 0.3) is 0 Å². The van der Waals surface area contributed by atoms with Crippen LogP contribution in [0.15, 0.2) is 53.4 Å². The molecule has 0 saturated heterocycles. The third kappa shape index (κ3) is 4.36. The number of likely N-dealkylation sites (N-methyl/N-ethyl adjacent to an activating group) is 1. The molecular weight excluding hydrogens is 420 g/mol. The average molecular weight is 439 g/mol. The van der Waals surface area contributed by atoms with E-state index in [1.807, 2.05) is 0 Å². The molecule has 1 heterocycles. The number of nitrogens with zero attached hydrogens (tertiary/aromatic N) is 2. The van der Waals surface area contributed by atoms with Gasteiger partial charge in [-0.2, -0.15) is 4.31 Å². The molecule has 3 rings (SSSR count). The number of fused-ring (bicyclic) bond motifs is 1. The molecule has 0 bridgehead atoms. The van der Waals surface area contributed by atoms with Gasteiger partial charge in [-0.3, -0.25) is 4.79 Å². The van der Waals surface area contributed by atoms with Gasteiger partial charge in [-0.1, -0.05) is 23.7 Å². The zero-order valence-electron chi connectivity index (χ0n) is 15.7. The molecule has 8 nitrogen and oxygen atoms in total. The van der Waals surface area contributed by atoms with E-state index in [1.54, 1.807) is 24.3 Å². The monoisotopic (exact) mass is 438 g/mol. The van der Waals surface area contributed by atoms with Crippen molar-refractivity contribution in [1.29, 1.82) is 0 Å². The minimum atomic E-state index is -3.90. The number of carbonyl (C=O) groups excluding carboxylic acids is 2. The SMILES string of the molecule is COC(=O)[C@H]1CN(C(=O)CN(C)S(=O)(=O)c2ccc(Cl)cc2)c2ccccc2O1. The first-order valence-electron chi connectivity index (χ1n) is 8.60. The maximum Gasteiger partial charge on any atom is 0.348 e. The van der Waals surface area contributed by atoms with Crippen molar-refractivity contribution < 1.29 is 27.5 Å². The second-order valence-corrected chi connectivity index (χ2v) is 8.80. The van der Waals surface area contributed by atoms with Crippen LogP contribution >= 0.6 is 11.6 Å². The average Bonchev–Trinajstić information content (AvgIpc) is 2.72. The number of para-hydroxylation sites is 2. The van der Waals surface area contributed by atoms with Gasteiger partial charge < -0.3 is 14.4 Å². The molecule has 154 valence electrons. The number of carbonyl (C=O) groups is 2. The zero-order chi connectivity index (χ0) is 21.2. The lowest BCUT2D eigenvalue weighted by molar-refractivity contribution is -0.148. The summed E-state index contributed by atoms with van der Waals surface area (Å²) in [6.07, 6.45) is -1.00. The summed E-state index contributed by atoms with van der Waals surface area (Å²) in [5.74, 6) is -0.792. The molecule has 1 aliphatic rings. The molecule has 0 aromatic heterocycles. The number of rotatable bonds is 5. The fraction of sp³-hybridized carbons (Fsp3) is 0.263. The molecule has 29 heavy (non-hydrogen) atoms. The second kappa shape index (κ2) is 8.40. The van der Waals surface area contributed by atoms with E-state index in [1.165, 1.54) is 43.3 Å². The van der Waals surface area contributed by atoms with E-state index in [2.05, 4.69) is 0 Å².